The van der Waals surface area contributed by atoms with E-state index in [0.717, 1.165) is 23.7 Å². The topological polar surface area (TPSA) is 34.1 Å². The molecule has 3 nitrogen and oxygen atoms in total. The second-order valence-electron chi connectivity index (χ2n) is 4.16. The lowest BCUT2D eigenvalue weighted by molar-refractivity contribution is -0.0328. The predicted molar refractivity (Wildman–Crippen MR) is 64.0 cm³/mol. The molecule has 4 heteroatoms. The Morgan fingerprint density at radius 3 is 2.87 bits per heavy atom. The monoisotopic (exact) mass is 228 g/mol. The summed E-state index contributed by atoms with van der Waals surface area (Å²) in [6.45, 7) is 7.79. The highest BCUT2D eigenvalue weighted by Gasteiger charge is 2.15. The van der Waals surface area contributed by atoms with Crippen molar-refractivity contribution >= 4 is 11.3 Å². The lowest BCUT2D eigenvalue weighted by Crippen LogP contribution is -2.22. The van der Waals surface area contributed by atoms with Crippen LogP contribution in [0.4, 0.5) is 0 Å². The van der Waals surface area contributed by atoms with Crippen LogP contribution in [0.2, 0.25) is 0 Å². The van der Waals surface area contributed by atoms with E-state index in [9.17, 15) is 0 Å². The maximum absolute atomic E-state index is 5.78. The number of aromatic nitrogens is 1. The Morgan fingerprint density at radius 2 is 2.27 bits per heavy atom. The van der Waals surface area contributed by atoms with Crippen LogP contribution < -0.4 is 5.32 Å². The van der Waals surface area contributed by atoms with E-state index in [0.29, 0.717) is 6.61 Å². The fraction of sp³-hybridized carbons (Fsp3) is 0.727. The van der Waals surface area contributed by atoms with Crippen molar-refractivity contribution in [2.45, 2.75) is 45.9 Å². The van der Waals surface area contributed by atoms with Crippen molar-refractivity contribution < 1.29 is 4.74 Å². The summed E-state index contributed by atoms with van der Waals surface area (Å²) in [4.78, 5) is 4.47. The molecule has 0 radical (unpaired) electrons. The van der Waals surface area contributed by atoms with E-state index in [1.807, 2.05) is 7.05 Å². The third kappa shape index (κ3) is 4.28. The second-order valence-corrected chi connectivity index (χ2v) is 5.11. The van der Waals surface area contributed by atoms with Crippen LogP contribution in [0, 0.1) is 0 Å². The number of nitrogens with zero attached hydrogens (tertiary/aromatic N) is 1. The molecule has 15 heavy (non-hydrogen) atoms. The van der Waals surface area contributed by atoms with Crippen molar-refractivity contribution in [3.05, 3.63) is 16.1 Å². The summed E-state index contributed by atoms with van der Waals surface area (Å²) in [5, 5.41) is 6.27. The molecule has 0 saturated carbocycles. The highest BCUT2D eigenvalue weighted by Crippen LogP contribution is 2.17. The molecule has 1 rings (SSSR count). The van der Waals surface area contributed by atoms with Crippen LogP contribution >= 0.6 is 11.3 Å². The zero-order valence-corrected chi connectivity index (χ0v) is 10.8. The molecule has 86 valence electrons. The van der Waals surface area contributed by atoms with Gasteiger partial charge < -0.3 is 10.1 Å². The molecule has 0 bridgehead atoms. The summed E-state index contributed by atoms with van der Waals surface area (Å²) in [5.74, 6) is 0. The van der Waals surface area contributed by atoms with E-state index < -0.39 is 0 Å². The smallest absolute Gasteiger partial charge is 0.107 e. The summed E-state index contributed by atoms with van der Waals surface area (Å²) in [7, 11) is 1.93. The van der Waals surface area contributed by atoms with Gasteiger partial charge in [-0.25, -0.2) is 4.98 Å². The molecular formula is C11H20N2OS. The third-order valence-corrected chi connectivity index (χ3v) is 3.29. The molecule has 1 aromatic rings. The SMILES string of the molecule is CCC(C)(C)OCc1csc(CNC)n1. The van der Waals surface area contributed by atoms with Crippen LogP contribution in [0.1, 0.15) is 37.9 Å². The number of thiazole rings is 1. The van der Waals surface area contributed by atoms with Crippen LogP contribution in [0.5, 0.6) is 0 Å². The molecule has 0 aliphatic heterocycles. The van der Waals surface area contributed by atoms with Gasteiger partial charge in [-0.3, -0.25) is 0 Å². The van der Waals surface area contributed by atoms with Crippen LogP contribution in [-0.4, -0.2) is 17.6 Å². The molecular weight excluding hydrogens is 208 g/mol. The van der Waals surface area contributed by atoms with Crippen molar-refractivity contribution in [1.82, 2.24) is 10.3 Å². The van der Waals surface area contributed by atoms with Gasteiger partial charge in [0.05, 0.1) is 17.9 Å². The standard InChI is InChI=1S/C11H20N2OS/c1-5-11(2,3)14-7-9-8-15-10(13-9)6-12-4/h8,12H,5-7H2,1-4H3. The van der Waals surface area contributed by atoms with Crippen LogP contribution in [-0.2, 0) is 17.9 Å². The fourth-order valence-electron chi connectivity index (χ4n) is 1.02. The average molecular weight is 228 g/mol. The van der Waals surface area contributed by atoms with Crippen molar-refractivity contribution in [3.8, 4) is 0 Å². The predicted octanol–water partition coefficient (Wildman–Crippen LogP) is 2.57. The Bertz CT molecular complexity index is 297. The van der Waals surface area contributed by atoms with E-state index in [-0.39, 0.29) is 5.60 Å². The first-order chi connectivity index (χ1) is 7.07. The molecule has 0 fully saturated rings. The summed E-state index contributed by atoms with van der Waals surface area (Å²) >= 11 is 1.68. The van der Waals surface area contributed by atoms with E-state index >= 15 is 0 Å². The summed E-state index contributed by atoms with van der Waals surface area (Å²) in [6, 6.07) is 0. The number of rotatable bonds is 6. The van der Waals surface area contributed by atoms with E-state index in [1.54, 1.807) is 11.3 Å². The van der Waals surface area contributed by atoms with Crippen LogP contribution in [0.3, 0.4) is 0 Å². The highest BCUT2D eigenvalue weighted by atomic mass is 32.1. The zero-order valence-electron chi connectivity index (χ0n) is 9.96. The van der Waals surface area contributed by atoms with Crippen LogP contribution in [0.15, 0.2) is 5.38 Å². The molecule has 0 aliphatic rings. The van der Waals surface area contributed by atoms with Gasteiger partial charge >= 0.3 is 0 Å². The number of hydrogen-bond acceptors (Lipinski definition) is 4. The molecule has 0 atom stereocenters. The molecule has 0 amide bonds. The minimum absolute atomic E-state index is 0.0488. The highest BCUT2D eigenvalue weighted by molar-refractivity contribution is 7.09. The maximum Gasteiger partial charge on any atom is 0.107 e. The molecule has 0 saturated heterocycles. The lowest BCUT2D eigenvalue weighted by atomic mass is 10.1. The Morgan fingerprint density at radius 1 is 1.53 bits per heavy atom. The number of ether oxygens (including phenoxy) is 1. The number of nitrogens with one attached hydrogen (secondary N) is 1. The minimum Gasteiger partial charge on any atom is -0.369 e. The van der Waals surface area contributed by atoms with Crippen molar-refractivity contribution in [2.75, 3.05) is 7.05 Å². The molecule has 1 N–H and O–H groups in total. The van der Waals surface area contributed by atoms with E-state index in [4.69, 9.17) is 4.74 Å². The maximum atomic E-state index is 5.78. The molecule has 0 aliphatic carbocycles. The van der Waals surface area contributed by atoms with Gasteiger partial charge in [-0.15, -0.1) is 11.3 Å². The second kappa shape index (κ2) is 5.58. The third-order valence-electron chi connectivity index (χ3n) is 2.39. The molecule has 0 aromatic carbocycles. The fourth-order valence-corrected chi connectivity index (χ4v) is 1.81. The van der Waals surface area contributed by atoms with Gasteiger partial charge in [0.25, 0.3) is 0 Å². The molecule has 0 spiro atoms. The summed E-state index contributed by atoms with van der Waals surface area (Å²) < 4.78 is 5.78. The summed E-state index contributed by atoms with van der Waals surface area (Å²) in [6.07, 6.45) is 1.01. The van der Waals surface area contributed by atoms with Gasteiger partial charge in [-0.05, 0) is 27.3 Å². The minimum atomic E-state index is -0.0488. The Kier molecular flexibility index (Phi) is 4.70. The quantitative estimate of drug-likeness (QED) is 0.812. The van der Waals surface area contributed by atoms with Gasteiger partial charge in [0.1, 0.15) is 5.01 Å². The first-order valence-electron chi connectivity index (χ1n) is 5.29. The van der Waals surface area contributed by atoms with Crippen molar-refractivity contribution in [2.24, 2.45) is 0 Å². The first kappa shape index (κ1) is 12.6. The number of hydrogen-bond donors (Lipinski definition) is 1. The van der Waals surface area contributed by atoms with Crippen LogP contribution in [0.25, 0.3) is 0 Å². The molecule has 0 unspecified atom stereocenters. The van der Waals surface area contributed by atoms with Gasteiger partial charge in [0, 0.05) is 11.9 Å². The van der Waals surface area contributed by atoms with E-state index in [2.05, 4.69) is 36.5 Å². The largest absolute Gasteiger partial charge is 0.369 e. The van der Waals surface area contributed by atoms with Crippen molar-refractivity contribution in [3.63, 3.8) is 0 Å². The normalized spacial score (nSPS) is 12.0. The Balaban J connectivity index is 2.44. The van der Waals surface area contributed by atoms with Gasteiger partial charge in [-0.1, -0.05) is 6.92 Å². The Hall–Kier alpha value is -0.450. The van der Waals surface area contributed by atoms with Gasteiger partial charge in [-0.2, -0.15) is 0 Å². The lowest BCUT2D eigenvalue weighted by Gasteiger charge is -2.22. The zero-order chi connectivity index (χ0) is 11.3. The van der Waals surface area contributed by atoms with Gasteiger partial charge in [0.15, 0.2) is 0 Å². The summed E-state index contributed by atoms with van der Waals surface area (Å²) in [5.41, 5.74) is 0.985. The van der Waals surface area contributed by atoms with Gasteiger partial charge in [0.2, 0.25) is 0 Å². The molecule has 1 heterocycles. The van der Waals surface area contributed by atoms with Crippen molar-refractivity contribution in [1.29, 1.82) is 0 Å². The Labute approximate surface area is 95.9 Å². The first-order valence-corrected chi connectivity index (χ1v) is 6.17. The molecule has 1 aromatic heterocycles. The average Bonchev–Trinajstić information content (AvgIpc) is 2.64. The van der Waals surface area contributed by atoms with E-state index in [1.165, 1.54) is 0 Å².